The molecule has 0 unspecified atom stereocenters. The number of piperidine rings is 1. The van der Waals surface area contributed by atoms with Crippen molar-refractivity contribution in [1.82, 2.24) is 4.81 Å². The van der Waals surface area contributed by atoms with Gasteiger partial charge < -0.3 is 14.6 Å². The third-order valence-electron chi connectivity index (χ3n) is 4.46. The summed E-state index contributed by atoms with van der Waals surface area (Å²) >= 11 is 0. The summed E-state index contributed by atoms with van der Waals surface area (Å²) in [5.74, 6) is -0.236. The van der Waals surface area contributed by atoms with Gasteiger partial charge in [-0.2, -0.15) is 0 Å². The second kappa shape index (κ2) is 5.58. The number of esters is 1. The second-order valence-electron chi connectivity index (χ2n) is 5.83. The molecule has 20 heavy (non-hydrogen) atoms. The number of benzene rings is 1. The fraction of sp³-hybridized carbons (Fsp3) is 0.533. The molecule has 2 aliphatic rings. The van der Waals surface area contributed by atoms with Crippen molar-refractivity contribution >= 4 is 13.0 Å². The van der Waals surface area contributed by atoms with Crippen molar-refractivity contribution in [3.63, 3.8) is 0 Å². The van der Waals surface area contributed by atoms with Gasteiger partial charge >= 0.3 is 13.0 Å². The molecule has 0 aliphatic carbocycles. The fourth-order valence-electron chi connectivity index (χ4n) is 3.66. The van der Waals surface area contributed by atoms with Gasteiger partial charge in [0.25, 0.3) is 0 Å². The lowest BCUT2D eigenvalue weighted by Crippen LogP contribution is -2.52. The highest BCUT2D eigenvalue weighted by Gasteiger charge is 2.44. The summed E-state index contributed by atoms with van der Waals surface area (Å²) in [5, 5.41) is 9.82. The summed E-state index contributed by atoms with van der Waals surface area (Å²) in [6.07, 6.45) is 3.83. The van der Waals surface area contributed by atoms with Crippen LogP contribution in [0.25, 0.3) is 0 Å². The molecule has 0 aromatic heterocycles. The lowest BCUT2D eigenvalue weighted by atomic mass is 9.79. The SMILES string of the molecule is CB(O)N1[C@@H]2CC[C@@H]1CC(OC(=O)c1ccccc1)C2. The first kappa shape index (κ1) is 13.6. The van der Waals surface area contributed by atoms with E-state index in [9.17, 15) is 9.82 Å². The molecule has 2 bridgehead atoms. The van der Waals surface area contributed by atoms with Crippen LogP contribution in [0.3, 0.4) is 0 Å². The van der Waals surface area contributed by atoms with E-state index in [4.69, 9.17) is 4.74 Å². The number of carbonyl (C=O) groups is 1. The molecule has 2 saturated heterocycles. The van der Waals surface area contributed by atoms with Crippen LogP contribution in [-0.2, 0) is 4.74 Å². The molecule has 2 aliphatic heterocycles. The molecule has 0 radical (unpaired) electrons. The summed E-state index contributed by atoms with van der Waals surface area (Å²) in [5.41, 5.74) is 0.609. The molecule has 0 spiro atoms. The molecular formula is C15H20BNO3. The quantitative estimate of drug-likeness (QED) is 0.675. The number of nitrogens with zero attached hydrogens (tertiary/aromatic N) is 1. The van der Waals surface area contributed by atoms with E-state index >= 15 is 0 Å². The molecule has 0 saturated carbocycles. The Balaban J connectivity index is 1.63. The monoisotopic (exact) mass is 273 g/mol. The molecule has 1 N–H and O–H groups in total. The van der Waals surface area contributed by atoms with Gasteiger partial charge in [0.1, 0.15) is 6.10 Å². The Bertz CT molecular complexity index is 465. The van der Waals surface area contributed by atoms with Crippen LogP contribution < -0.4 is 0 Å². The Labute approximate surface area is 119 Å². The van der Waals surface area contributed by atoms with Gasteiger partial charge in [0.2, 0.25) is 0 Å². The van der Waals surface area contributed by atoms with E-state index in [1.54, 1.807) is 12.1 Å². The predicted octanol–water partition coefficient (Wildman–Crippen LogP) is 1.95. The van der Waals surface area contributed by atoms with Crippen molar-refractivity contribution in [2.24, 2.45) is 0 Å². The van der Waals surface area contributed by atoms with E-state index in [0.29, 0.717) is 17.6 Å². The zero-order valence-corrected chi connectivity index (χ0v) is 11.7. The van der Waals surface area contributed by atoms with Crippen molar-refractivity contribution in [3.05, 3.63) is 35.9 Å². The van der Waals surface area contributed by atoms with Crippen LogP contribution in [0.4, 0.5) is 0 Å². The molecular weight excluding hydrogens is 253 g/mol. The van der Waals surface area contributed by atoms with Crippen LogP contribution in [0, 0.1) is 0 Å². The molecule has 5 heteroatoms. The van der Waals surface area contributed by atoms with Gasteiger partial charge in [0.05, 0.1) is 5.56 Å². The molecule has 2 fully saturated rings. The van der Waals surface area contributed by atoms with Gasteiger partial charge in [-0.1, -0.05) is 18.2 Å². The number of rotatable bonds is 3. The van der Waals surface area contributed by atoms with E-state index in [1.165, 1.54) is 0 Å². The normalized spacial score (nSPS) is 29.2. The molecule has 0 amide bonds. The Morgan fingerprint density at radius 1 is 1.25 bits per heavy atom. The van der Waals surface area contributed by atoms with Crippen molar-refractivity contribution in [1.29, 1.82) is 0 Å². The first-order valence-corrected chi connectivity index (χ1v) is 7.36. The molecule has 1 aromatic rings. The second-order valence-corrected chi connectivity index (χ2v) is 5.83. The van der Waals surface area contributed by atoms with E-state index in [1.807, 2.05) is 25.0 Å². The lowest BCUT2D eigenvalue weighted by molar-refractivity contribution is 0.00607. The average molecular weight is 273 g/mol. The highest BCUT2D eigenvalue weighted by Crippen LogP contribution is 2.37. The number of carbonyl (C=O) groups excluding carboxylic acids is 1. The smallest absolute Gasteiger partial charge is 0.376 e. The van der Waals surface area contributed by atoms with Crippen LogP contribution in [-0.4, -0.2) is 41.0 Å². The highest BCUT2D eigenvalue weighted by molar-refractivity contribution is 6.45. The van der Waals surface area contributed by atoms with Gasteiger partial charge in [-0.3, -0.25) is 0 Å². The van der Waals surface area contributed by atoms with Gasteiger partial charge in [-0.15, -0.1) is 0 Å². The number of fused-ring (bicyclic) bond motifs is 2. The lowest BCUT2D eigenvalue weighted by Gasteiger charge is -2.39. The van der Waals surface area contributed by atoms with Gasteiger partial charge in [-0.25, -0.2) is 4.79 Å². The maximum absolute atomic E-state index is 12.1. The molecule has 4 nitrogen and oxygen atoms in total. The summed E-state index contributed by atoms with van der Waals surface area (Å²) in [6, 6.07) is 9.83. The number of hydrogen-bond donors (Lipinski definition) is 1. The van der Waals surface area contributed by atoms with Gasteiger partial charge in [0, 0.05) is 12.1 Å². The number of ether oxygens (including phenoxy) is 1. The van der Waals surface area contributed by atoms with Crippen molar-refractivity contribution in [2.75, 3.05) is 0 Å². The Hall–Kier alpha value is -1.33. The van der Waals surface area contributed by atoms with Gasteiger partial charge in [0.15, 0.2) is 0 Å². The summed E-state index contributed by atoms with van der Waals surface area (Å²) < 4.78 is 5.64. The van der Waals surface area contributed by atoms with Crippen LogP contribution in [0.1, 0.15) is 36.0 Å². The Morgan fingerprint density at radius 3 is 2.40 bits per heavy atom. The van der Waals surface area contributed by atoms with Crippen molar-refractivity contribution in [3.8, 4) is 0 Å². The van der Waals surface area contributed by atoms with E-state index in [-0.39, 0.29) is 12.1 Å². The fourth-order valence-corrected chi connectivity index (χ4v) is 3.66. The molecule has 2 atom stereocenters. The maximum atomic E-state index is 12.1. The summed E-state index contributed by atoms with van der Waals surface area (Å²) in [4.78, 5) is 14.3. The minimum atomic E-state index is -0.404. The summed E-state index contributed by atoms with van der Waals surface area (Å²) in [6.45, 7) is 1.82. The zero-order chi connectivity index (χ0) is 14.1. The summed E-state index contributed by atoms with van der Waals surface area (Å²) in [7, 11) is -0.404. The third-order valence-corrected chi connectivity index (χ3v) is 4.46. The van der Waals surface area contributed by atoms with Crippen molar-refractivity contribution < 1.29 is 14.6 Å². The average Bonchev–Trinajstić information content (AvgIpc) is 2.72. The van der Waals surface area contributed by atoms with Crippen LogP contribution in [0.15, 0.2) is 30.3 Å². The largest absolute Gasteiger partial charge is 0.459 e. The minimum Gasteiger partial charge on any atom is -0.459 e. The Kier molecular flexibility index (Phi) is 3.81. The number of hydrogen-bond acceptors (Lipinski definition) is 4. The Morgan fingerprint density at radius 2 is 1.85 bits per heavy atom. The zero-order valence-electron chi connectivity index (χ0n) is 11.7. The van der Waals surface area contributed by atoms with Gasteiger partial charge in [-0.05, 0) is 44.6 Å². The molecule has 1 aromatic carbocycles. The van der Waals surface area contributed by atoms with E-state index in [2.05, 4.69) is 4.81 Å². The maximum Gasteiger partial charge on any atom is 0.376 e. The van der Waals surface area contributed by atoms with Crippen LogP contribution in [0.2, 0.25) is 6.82 Å². The van der Waals surface area contributed by atoms with Crippen LogP contribution in [0.5, 0.6) is 0 Å². The first-order valence-electron chi connectivity index (χ1n) is 7.36. The third kappa shape index (κ3) is 2.60. The molecule has 2 heterocycles. The van der Waals surface area contributed by atoms with Crippen molar-refractivity contribution in [2.45, 2.75) is 50.7 Å². The predicted molar refractivity (Wildman–Crippen MR) is 77.4 cm³/mol. The van der Waals surface area contributed by atoms with Crippen LogP contribution >= 0.6 is 0 Å². The minimum absolute atomic E-state index is 0.0183. The van der Waals surface area contributed by atoms with E-state index < -0.39 is 7.05 Å². The molecule has 3 rings (SSSR count). The highest BCUT2D eigenvalue weighted by atomic mass is 16.5. The van der Waals surface area contributed by atoms with E-state index in [0.717, 1.165) is 25.7 Å². The topological polar surface area (TPSA) is 49.8 Å². The first-order chi connectivity index (χ1) is 9.65. The molecule has 106 valence electrons. The standard InChI is InChI=1S/C15H20BNO3/c1-16(19)17-12-7-8-13(17)10-14(9-12)20-15(18)11-5-3-2-4-6-11/h2-6,12-14,19H,7-10H2,1H3/t12-,13-/m1/s1.